The molecule has 1 aliphatic rings. The number of aryl methyl sites for hydroxylation is 1. The summed E-state index contributed by atoms with van der Waals surface area (Å²) in [6, 6.07) is 4.44. The van der Waals surface area contributed by atoms with Crippen molar-refractivity contribution in [3.05, 3.63) is 29.6 Å². The van der Waals surface area contributed by atoms with E-state index in [4.69, 9.17) is 4.74 Å². The molecular weight excluding hydrogens is 235 g/mol. The molecule has 4 heteroatoms. The van der Waals surface area contributed by atoms with E-state index in [0.29, 0.717) is 5.75 Å². The normalized spacial score (nSPS) is 16.8. The quantitative estimate of drug-likeness (QED) is 0.773. The first-order chi connectivity index (χ1) is 8.54. The summed E-state index contributed by atoms with van der Waals surface area (Å²) in [5.74, 6) is -0.106. The van der Waals surface area contributed by atoms with Crippen molar-refractivity contribution in [2.45, 2.75) is 38.2 Å². The molecular formula is C14H17FO3. The number of hydrogen-bond acceptors (Lipinski definition) is 3. The molecule has 0 bridgehead atoms. The number of carbonyl (C=O) groups is 1. The lowest BCUT2D eigenvalue weighted by atomic mass is 9.77. The molecule has 0 N–H and O–H groups in total. The molecule has 0 heterocycles. The molecule has 1 aliphatic carbocycles. The van der Waals surface area contributed by atoms with Crippen molar-refractivity contribution in [3.8, 4) is 5.75 Å². The molecule has 1 aromatic rings. The first kappa shape index (κ1) is 12.9. The SMILES string of the molecule is COC(=O)CC1(Oc2cc(F)ccc2C)CCC1. The van der Waals surface area contributed by atoms with Crippen LogP contribution in [0.4, 0.5) is 4.39 Å². The first-order valence-corrected chi connectivity index (χ1v) is 6.07. The summed E-state index contributed by atoms with van der Waals surface area (Å²) >= 11 is 0. The highest BCUT2D eigenvalue weighted by molar-refractivity contribution is 5.70. The van der Waals surface area contributed by atoms with Crippen LogP contribution in [0.15, 0.2) is 18.2 Å². The Bertz CT molecular complexity index is 452. The molecule has 98 valence electrons. The number of rotatable bonds is 4. The summed E-state index contributed by atoms with van der Waals surface area (Å²) in [6.45, 7) is 1.86. The lowest BCUT2D eigenvalue weighted by molar-refractivity contribution is -0.148. The van der Waals surface area contributed by atoms with Gasteiger partial charge in [-0.3, -0.25) is 4.79 Å². The average molecular weight is 252 g/mol. The Labute approximate surface area is 106 Å². The second-order valence-corrected chi connectivity index (χ2v) is 4.80. The Morgan fingerprint density at radius 1 is 1.44 bits per heavy atom. The summed E-state index contributed by atoms with van der Waals surface area (Å²) in [5, 5.41) is 0. The largest absolute Gasteiger partial charge is 0.486 e. The molecule has 0 aliphatic heterocycles. The van der Waals surface area contributed by atoms with E-state index in [0.717, 1.165) is 24.8 Å². The Balaban J connectivity index is 2.15. The molecule has 0 atom stereocenters. The Hall–Kier alpha value is -1.58. The van der Waals surface area contributed by atoms with Crippen molar-refractivity contribution in [2.24, 2.45) is 0 Å². The minimum absolute atomic E-state index is 0.222. The van der Waals surface area contributed by atoms with E-state index >= 15 is 0 Å². The zero-order valence-electron chi connectivity index (χ0n) is 10.7. The van der Waals surface area contributed by atoms with Crippen LogP contribution in [0.3, 0.4) is 0 Å². The number of halogens is 1. The second kappa shape index (κ2) is 4.96. The maximum absolute atomic E-state index is 13.2. The fourth-order valence-corrected chi connectivity index (χ4v) is 2.14. The highest BCUT2D eigenvalue weighted by atomic mass is 19.1. The lowest BCUT2D eigenvalue weighted by Gasteiger charge is -2.41. The highest BCUT2D eigenvalue weighted by Gasteiger charge is 2.42. The predicted molar refractivity (Wildman–Crippen MR) is 65.0 cm³/mol. The van der Waals surface area contributed by atoms with Crippen molar-refractivity contribution in [1.29, 1.82) is 0 Å². The van der Waals surface area contributed by atoms with E-state index < -0.39 is 5.60 Å². The monoisotopic (exact) mass is 252 g/mol. The van der Waals surface area contributed by atoms with Gasteiger partial charge in [-0.2, -0.15) is 0 Å². The number of hydrogen-bond donors (Lipinski definition) is 0. The Morgan fingerprint density at radius 3 is 2.72 bits per heavy atom. The average Bonchev–Trinajstić information content (AvgIpc) is 2.30. The van der Waals surface area contributed by atoms with Gasteiger partial charge in [-0.1, -0.05) is 6.07 Å². The zero-order valence-corrected chi connectivity index (χ0v) is 10.7. The van der Waals surface area contributed by atoms with Crippen LogP contribution in [0.25, 0.3) is 0 Å². The fraction of sp³-hybridized carbons (Fsp3) is 0.500. The number of ether oxygens (including phenoxy) is 2. The zero-order chi connectivity index (χ0) is 13.2. The molecule has 0 unspecified atom stereocenters. The van der Waals surface area contributed by atoms with Gasteiger partial charge < -0.3 is 9.47 Å². The molecule has 2 rings (SSSR count). The van der Waals surface area contributed by atoms with E-state index in [1.54, 1.807) is 6.07 Å². The Morgan fingerprint density at radius 2 is 2.17 bits per heavy atom. The molecule has 18 heavy (non-hydrogen) atoms. The molecule has 0 saturated heterocycles. The van der Waals surface area contributed by atoms with Crippen LogP contribution >= 0.6 is 0 Å². The van der Waals surface area contributed by atoms with Gasteiger partial charge in [-0.25, -0.2) is 4.39 Å². The van der Waals surface area contributed by atoms with E-state index in [9.17, 15) is 9.18 Å². The predicted octanol–water partition coefficient (Wildman–Crippen LogP) is 3.00. The van der Waals surface area contributed by atoms with Crippen molar-refractivity contribution < 1.29 is 18.7 Å². The summed E-state index contributed by atoms with van der Waals surface area (Å²) in [4.78, 5) is 11.4. The van der Waals surface area contributed by atoms with E-state index in [2.05, 4.69) is 4.74 Å². The molecule has 3 nitrogen and oxygen atoms in total. The van der Waals surface area contributed by atoms with Crippen molar-refractivity contribution in [1.82, 2.24) is 0 Å². The van der Waals surface area contributed by atoms with Gasteiger partial charge in [0.15, 0.2) is 0 Å². The van der Waals surface area contributed by atoms with Gasteiger partial charge in [-0.05, 0) is 37.8 Å². The summed E-state index contributed by atoms with van der Waals surface area (Å²) < 4.78 is 23.8. The van der Waals surface area contributed by atoms with Gasteiger partial charge in [0.1, 0.15) is 17.2 Å². The molecule has 1 aromatic carbocycles. The molecule has 1 fully saturated rings. The van der Waals surface area contributed by atoms with Crippen molar-refractivity contribution in [3.63, 3.8) is 0 Å². The maximum Gasteiger partial charge on any atom is 0.309 e. The lowest BCUT2D eigenvalue weighted by Crippen LogP contribution is -2.45. The van der Waals surface area contributed by atoms with Crippen LogP contribution in [-0.4, -0.2) is 18.7 Å². The second-order valence-electron chi connectivity index (χ2n) is 4.80. The fourth-order valence-electron chi connectivity index (χ4n) is 2.14. The highest BCUT2D eigenvalue weighted by Crippen LogP contribution is 2.40. The van der Waals surface area contributed by atoms with Crippen molar-refractivity contribution in [2.75, 3.05) is 7.11 Å². The summed E-state index contributed by atoms with van der Waals surface area (Å²) in [7, 11) is 1.36. The third-order valence-corrected chi connectivity index (χ3v) is 3.44. The molecule has 0 amide bonds. The summed E-state index contributed by atoms with van der Waals surface area (Å²) in [6.07, 6.45) is 2.85. The van der Waals surface area contributed by atoms with Gasteiger partial charge in [0.25, 0.3) is 0 Å². The minimum atomic E-state index is -0.508. The van der Waals surface area contributed by atoms with Gasteiger partial charge >= 0.3 is 5.97 Å². The van der Waals surface area contributed by atoms with E-state index in [1.165, 1.54) is 19.2 Å². The third-order valence-electron chi connectivity index (χ3n) is 3.44. The first-order valence-electron chi connectivity index (χ1n) is 6.07. The van der Waals surface area contributed by atoms with Gasteiger partial charge in [0.05, 0.1) is 13.5 Å². The molecule has 0 radical (unpaired) electrons. The van der Waals surface area contributed by atoms with Crippen molar-refractivity contribution >= 4 is 5.97 Å². The number of carbonyl (C=O) groups excluding carboxylic acids is 1. The topological polar surface area (TPSA) is 35.5 Å². The summed E-state index contributed by atoms with van der Waals surface area (Å²) in [5.41, 5.74) is 0.360. The number of esters is 1. The van der Waals surface area contributed by atoms with E-state index in [-0.39, 0.29) is 18.2 Å². The van der Waals surface area contributed by atoms with Gasteiger partial charge in [-0.15, -0.1) is 0 Å². The molecule has 0 aromatic heterocycles. The minimum Gasteiger partial charge on any atom is -0.486 e. The third kappa shape index (κ3) is 2.63. The Kier molecular flexibility index (Phi) is 3.55. The van der Waals surface area contributed by atoms with Crippen LogP contribution < -0.4 is 4.74 Å². The van der Waals surface area contributed by atoms with E-state index in [1.807, 2.05) is 6.92 Å². The number of benzene rings is 1. The van der Waals surface area contributed by atoms with Crippen LogP contribution in [0.5, 0.6) is 5.75 Å². The molecule has 0 spiro atoms. The van der Waals surface area contributed by atoms with Crippen LogP contribution in [0, 0.1) is 12.7 Å². The van der Waals surface area contributed by atoms with Gasteiger partial charge in [0, 0.05) is 6.07 Å². The van der Waals surface area contributed by atoms with Crippen LogP contribution in [-0.2, 0) is 9.53 Å². The smallest absolute Gasteiger partial charge is 0.309 e. The van der Waals surface area contributed by atoms with Crippen LogP contribution in [0.1, 0.15) is 31.2 Å². The number of methoxy groups -OCH3 is 1. The standard InChI is InChI=1S/C14H17FO3/c1-10-4-5-11(15)8-12(10)18-14(6-3-7-14)9-13(16)17-2/h4-5,8H,3,6-7,9H2,1-2H3. The van der Waals surface area contributed by atoms with Crippen LogP contribution in [0.2, 0.25) is 0 Å². The maximum atomic E-state index is 13.2. The van der Waals surface area contributed by atoms with Gasteiger partial charge in [0.2, 0.25) is 0 Å². The molecule has 1 saturated carbocycles.